The minimum atomic E-state index is -0.483. The number of aryl methyl sites for hydroxylation is 2. The lowest BCUT2D eigenvalue weighted by atomic mass is 10.2. The highest BCUT2D eigenvalue weighted by Crippen LogP contribution is 2.22. The molecule has 0 aliphatic rings. The highest BCUT2D eigenvalue weighted by Gasteiger charge is 2.14. The van der Waals surface area contributed by atoms with Crippen LogP contribution < -0.4 is 5.32 Å². The van der Waals surface area contributed by atoms with Crippen LogP contribution in [-0.4, -0.2) is 25.0 Å². The van der Waals surface area contributed by atoms with Crippen LogP contribution in [0, 0.1) is 18.3 Å². The maximum atomic E-state index is 11.7. The topological polar surface area (TPSA) is 79.2 Å². The van der Waals surface area contributed by atoms with Crippen LogP contribution >= 0.6 is 11.3 Å². The lowest BCUT2D eigenvalue weighted by molar-refractivity contribution is -0.124. The summed E-state index contributed by atoms with van der Waals surface area (Å²) in [5, 5.41) is 10.8. The second-order valence-electron chi connectivity index (χ2n) is 3.90. The zero-order valence-corrected chi connectivity index (χ0v) is 11.8. The molecule has 0 aromatic carbocycles. The molecular weight excluding hydrogens is 264 g/mol. The summed E-state index contributed by atoms with van der Waals surface area (Å²) in [6.07, 6.45) is 1.11. The van der Waals surface area contributed by atoms with E-state index in [1.54, 1.807) is 6.07 Å². The van der Waals surface area contributed by atoms with Crippen LogP contribution in [0.4, 0.5) is 0 Å². The van der Waals surface area contributed by atoms with Gasteiger partial charge in [-0.2, -0.15) is 5.26 Å². The Labute approximate surface area is 116 Å². The molecule has 0 spiro atoms. The maximum Gasteiger partial charge on any atom is 0.348 e. The lowest BCUT2D eigenvalue weighted by Gasteiger charge is -2.03. The number of nitrogens with one attached hydrogen (secondary N) is 1. The molecule has 0 aliphatic carbocycles. The van der Waals surface area contributed by atoms with E-state index in [2.05, 4.69) is 5.32 Å². The van der Waals surface area contributed by atoms with E-state index in [-0.39, 0.29) is 19.6 Å². The third-order valence-electron chi connectivity index (χ3n) is 2.44. The van der Waals surface area contributed by atoms with Gasteiger partial charge in [-0.25, -0.2) is 4.79 Å². The van der Waals surface area contributed by atoms with Gasteiger partial charge >= 0.3 is 5.97 Å². The van der Waals surface area contributed by atoms with Gasteiger partial charge in [0.1, 0.15) is 4.88 Å². The molecular formula is C13H16N2O3S. The van der Waals surface area contributed by atoms with Crippen molar-refractivity contribution in [1.29, 1.82) is 5.26 Å². The van der Waals surface area contributed by atoms with E-state index in [4.69, 9.17) is 10.00 Å². The number of carbonyl (C=O) groups is 2. The van der Waals surface area contributed by atoms with E-state index in [0.29, 0.717) is 4.88 Å². The number of amides is 1. The minimum Gasteiger partial charge on any atom is -0.451 e. The first-order chi connectivity index (χ1) is 9.08. The first-order valence-corrected chi connectivity index (χ1v) is 6.80. The molecule has 102 valence electrons. The summed E-state index contributed by atoms with van der Waals surface area (Å²) in [7, 11) is 0. The predicted molar refractivity (Wildman–Crippen MR) is 72.0 cm³/mol. The normalized spacial score (nSPS) is 9.74. The second-order valence-corrected chi connectivity index (χ2v) is 5.04. The lowest BCUT2D eigenvalue weighted by Crippen LogP contribution is -2.29. The summed E-state index contributed by atoms with van der Waals surface area (Å²) in [5.41, 5.74) is 1.07. The highest BCUT2D eigenvalue weighted by molar-refractivity contribution is 7.14. The van der Waals surface area contributed by atoms with Gasteiger partial charge in [-0.15, -0.1) is 11.3 Å². The van der Waals surface area contributed by atoms with Crippen LogP contribution in [0.1, 0.15) is 33.5 Å². The SMILES string of the molecule is CCc1sc(C(=O)OCC(=O)NCCC#N)cc1C. The van der Waals surface area contributed by atoms with Crippen LogP contribution in [-0.2, 0) is 16.0 Å². The summed E-state index contributed by atoms with van der Waals surface area (Å²) in [5.74, 6) is -0.879. The molecule has 0 saturated heterocycles. The molecule has 1 rings (SSSR count). The number of hydrogen-bond donors (Lipinski definition) is 1. The van der Waals surface area contributed by atoms with E-state index < -0.39 is 11.9 Å². The van der Waals surface area contributed by atoms with Crippen molar-refractivity contribution in [3.63, 3.8) is 0 Å². The fourth-order valence-corrected chi connectivity index (χ4v) is 2.49. The van der Waals surface area contributed by atoms with Gasteiger partial charge in [-0.05, 0) is 25.0 Å². The van der Waals surface area contributed by atoms with Gasteiger partial charge in [0.15, 0.2) is 6.61 Å². The minimum absolute atomic E-state index is 0.240. The molecule has 1 N–H and O–H groups in total. The summed E-state index contributed by atoms with van der Waals surface area (Å²) in [6.45, 7) is 3.92. The number of esters is 1. The first-order valence-electron chi connectivity index (χ1n) is 5.98. The van der Waals surface area contributed by atoms with E-state index in [1.807, 2.05) is 19.9 Å². The molecule has 0 atom stereocenters. The Balaban J connectivity index is 2.42. The van der Waals surface area contributed by atoms with Crippen molar-refractivity contribution in [1.82, 2.24) is 5.32 Å². The van der Waals surface area contributed by atoms with Crippen molar-refractivity contribution in [2.24, 2.45) is 0 Å². The van der Waals surface area contributed by atoms with E-state index in [1.165, 1.54) is 11.3 Å². The quantitative estimate of drug-likeness (QED) is 0.636. The molecule has 1 heterocycles. The Morgan fingerprint density at radius 1 is 1.53 bits per heavy atom. The molecule has 19 heavy (non-hydrogen) atoms. The van der Waals surface area contributed by atoms with Gasteiger partial charge in [-0.1, -0.05) is 6.92 Å². The summed E-state index contributed by atoms with van der Waals surface area (Å²) in [6, 6.07) is 3.69. The molecule has 1 amide bonds. The zero-order chi connectivity index (χ0) is 14.3. The Hall–Kier alpha value is -1.87. The number of nitrogens with zero attached hydrogens (tertiary/aromatic N) is 1. The second kappa shape index (κ2) is 7.54. The molecule has 1 aromatic rings. The van der Waals surface area contributed by atoms with Crippen LogP contribution in [0.2, 0.25) is 0 Å². The molecule has 5 nitrogen and oxygen atoms in total. The summed E-state index contributed by atoms with van der Waals surface area (Å²) in [4.78, 5) is 24.7. The average molecular weight is 280 g/mol. The van der Waals surface area contributed by atoms with Crippen molar-refractivity contribution in [3.05, 3.63) is 21.4 Å². The zero-order valence-electron chi connectivity index (χ0n) is 11.0. The maximum absolute atomic E-state index is 11.7. The molecule has 0 radical (unpaired) electrons. The van der Waals surface area contributed by atoms with Gasteiger partial charge in [0.05, 0.1) is 12.5 Å². The fraction of sp³-hybridized carbons (Fsp3) is 0.462. The predicted octanol–water partition coefficient (Wildman–Crippen LogP) is 1.81. The largest absolute Gasteiger partial charge is 0.451 e. The number of nitriles is 1. The Bertz CT molecular complexity index is 502. The van der Waals surface area contributed by atoms with Crippen LogP contribution in [0.5, 0.6) is 0 Å². The monoisotopic (exact) mass is 280 g/mol. The smallest absolute Gasteiger partial charge is 0.348 e. The molecule has 0 saturated carbocycles. The first kappa shape index (κ1) is 15.2. The Morgan fingerprint density at radius 2 is 2.26 bits per heavy atom. The van der Waals surface area contributed by atoms with Crippen molar-refractivity contribution in [2.75, 3.05) is 13.2 Å². The average Bonchev–Trinajstić information content (AvgIpc) is 2.77. The van der Waals surface area contributed by atoms with Crippen molar-refractivity contribution >= 4 is 23.2 Å². The van der Waals surface area contributed by atoms with Crippen molar-refractivity contribution < 1.29 is 14.3 Å². The van der Waals surface area contributed by atoms with Crippen LogP contribution in [0.15, 0.2) is 6.07 Å². The van der Waals surface area contributed by atoms with Gasteiger partial charge < -0.3 is 10.1 Å². The fourth-order valence-electron chi connectivity index (χ4n) is 1.48. The molecule has 6 heteroatoms. The van der Waals surface area contributed by atoms with Gasteiger partial charge in [0.25, 0.3) is 5.91 Å². The van der Waals surface area contributed by atoms with Crippen molar-refractivity contribution in [2.45, 2.75) is 26.7 Å². The van der Waals surface area contributed by atoms with E-state index in [9.17, 15) is 9.59 Å². The number of ether oxygens (including phenoxy) is 1. The van der Waals surface area contributed by atoms with E-state index >= 15 is 0 Å². The number of carbonyl (C=O) groups excluding carboxylic acids is 2. The van der Waals surface area contributed by atoms with Gasteiger partial charge in [0, 0.05) is 11.4 Å². The van der Waals surface area contributed by atoms with Gasteiger partial charge in [-0.3, -0.25) is 4.79 Å². The number of rotatable bonds is 6. The Morgan fingerprint density at radius 3 is 2.84 bits per heavy atom. The molecule has 0 fully saturated rings. The van der Waals surface area contributed by atoms with E-state index in [0.717, 1.165) is 16.9 Å². The van der Waals surface area contributed by atoms with Crippen molar-refractivity contribution in [3.8, 4) is 6.07 Å². The number of thiophene rings is 1. The van der Waals surface area contributed by atoms with Crippen LogP contribution in [0.25, 0.3) is 0 Å². The standard InChI is InChI=1S/C13H16N2O3S/c1-3-10-9(2)7-11(19-10)13(17)18-8-12(16)15-6-4-5-14/h7H,3-4,6,8H2,1-2H3,(H,15,16). The highest BCUT2D eigenvalue weighted by atomic mass is 32.1. The molecule has 1 aromatic heterocycles. The third-order valence-corrected chi connectivity index (χ3v) is 3.80. The summed E-state index contributed by atoms with van der Waals surface area (Å²) < 4.78 is 4.91. The summed E-state index contributed by atoms with van der Waals surface area (Å²) >= 11 is 1.39. The molecule has 0 aliphatic heterocycles. The third kappa shape index (κ3) is 4.72. The Kier molecular flexibility index (Phi) is 6.03. The molecule has 0 unspecified atom stereocenters. The molecule has 0 bridgehead atoms. The van der Waals surface area contributed by atoms with Gasteiger partial charge in [0.2, 0.25) is 0 Å². The van der Waals surface area contributed by atoms with Crippen LogP contribution in [0.3, 0.4) is 0 Å². The number of hydrogen-bond acceptors (Lipinski definition) is 5.